The number of fused-ring (bicyclic) bond motifs is 1. The third-order valence-corrected chi connectivity index (χ3v) is 5.33. The number of nitrogens with one attached hydrogen (secondary N) is 1. The maximum Gasteiger partial charge on any atom is 0.337 e. The second-order valence-corrected chi connectivity index (χ2v) is 7.62. The van der Waals surface area contributed by atoms with E-state index >= 15 is 0 Å². The van der Waals surface area contributed by atoms with E-state index in [9.17, 15) is 19.2 Å². The lowest BCUT2D eigenvalue weighted by Gasteiger charge is -2.14. The van der Waals surface area contributed by atoms with E-state index in [1.807, 2.05) is 0 Å². The number of carbonyl (C=O) groups is 4. The Hall–Kier alpha value is -3.78. The van der Waals surface area contributed by atoms with Gasteiger partial charge in [0.15, 0.2) is 0 Å². The van der Waals surface area contributed by atoms with Gasteiger partial charge in [0.25, 0.3) is 17.7 Å². The number of methoxy groups -OCH3 is 1. The molecule has 31 heavy (non-hydrogen) atoms. The number of imide groups is 1. The molecule has 3 amide bonds. The number of nitrogens with zero attached hydrogens (tertiary/aromatic N) is 1. The second-order valence-electron chi connectivity index (χ2n) is 6.71. The van der Waals surface area contributed by atoms with Gasteiger partial charge in [-0.3, -0.25) is 14.4 Å². The standard InChI is InChI=1S/C23H15BrN2O5/c1-31-23(30)13-2-9-17(10-3-13)26-21(28)18-11-4-14(12-19(18)22(26)29)20(27)25-16-7-5-15(24)6-8-16/h2-12H,1H3,(H,25,27). The molecule has 0 radical (unpaired) electrons. The maximum atomic E-state index is 12.9. The largest absolute Gasteiger partial charge is 0.465 e. The minimum absolute atomic E-state index is 0.144. The Morgan fingerprint density at radius 2 is 1.45 bits per heavy atom. The van der Waals surface area contributed by atoms with Gasteiger partial charge in [0.2, 0.25) is 0 Å². The average molecular weight is 479 g/mol. The van der Waals surface area contributed by atoms with Gasteiger partial charge >= 0.3 is 5.97 Å². The summed E-state index contributed by atoms with van der Waals surface area (Å²) in [6.07, 6.45) is 0. The van der Waals surface area contributed by atoms with Crippen molar-refractivity contribution in [2.24, 2.45) is 0 Å². The lowest BCUT2D eigenvalue weighted by molar-refractivity contribution is 0.0600. The van der Waals surface area contributed by atoms with E-state index in [0.29, 0.717) is 16.9 Å². The molecule has 0 spiro atoms. The van der Waals surface area contributed by atoms with Crippen LogP contribution in [-0.4, -0.2) is 30.8 Å². The molecule has 1 N–H and O–H groups in total. The van der Waals surface area contributed by atoms with Crippen molar-refractivity contribution in [3.63, 3.8) is 0 Å². The quantitative estimate of drug-likeness (QED) is 0.445. The minimum atomic E-state index is -0.538. The van der Waals surface area contributed by atoms with Crippen molar-refractivity contribution in [3.8, 4) is 0 Å². The molecule has 0 fully saturated rings. The van der Waals surface area contributed by atoms with E-state index in [1.165, 1.54) is 49.6 Å². The molecule has 0 saturated heterocycles. The second kappa shape index (κ2) is 8.16. The molecule has 154 valence electrons. The molecule has 0 saturated carbocycles. The van der Waals surface area contributed by atoms with Crippen molar-refractivity contribution in [1.29, 1.82) is 0 Å². The number of rotatable bonds is 4. The first kappa shape index (κ1) is 20.5. The summed E-state index contributed by atoms with van der Waals surface area (Å²) >= 11 is 3.33. The number of benzene rings is 3. The molecule has 3 aromatic carbocycles. The number of anilines is 2. The molecule has 4 rings (SSSR count). The van der Waals surface area contributed by atoms with Crippen LogP contribution in [0.25, 0.3) is 0 Å². The van der Waals surface area contributed by atoms with E-state index < -0.39 is 23.7 Å². The zero-order chi connectivity index (χ0) is 22.1. The molecule has 0 atom stereocenters. The normalized spacial score (nSPS) is 12.5. The number of amides is 3. The van der Waals surface area contributed by atoms with Gasteiger partial charge < -0.3 is 10.1 Å². The Labute approximate surface area is 185 Å². The summed E-state index contributed by atoms with van der Waals surface area (Å²) in [5.41, 5.74) is 1.83. The predicted octanol–water partition coefficient (Wildman–Crippen LogP) is 4.29. The lowest BCUT2D eigenvalue weighted by Crippen LogP contribution is -2.29. The van der Waals surface area contributed by atoms with Crippen LogP contribution in [0, 0.1) is 0 Å². The highest BCUT2D eigenvalue weighted by molar-refractivity contribution is 9.10. The predicted molar refractivity (Wildman–Crippen MR) is 117 cm³/mol. The highest BCUT2D eigenvalue weighted by Gasteiger charge is 2.37. The fourth-order valence-electron chi connectivity index (χ4n) is 3.22. The molecule has 0 aliphatic carbocycles. The average Bonchev–Trinajstić information content (AvgIpc) is 3.04. The molecule has 0 unspecified atom stereocenters. The van der Waals surface area contributed by atoms with Crippen LogP contribution < -0.4 is 10.2 Å². The molecule has 7 nitrogen and oxygen atoms in total. The Morgan fingerprint density at radius 3 is 2.10 bits per heavy atom. The van der Waals surface area contributed by atoms with Crippen LogP contribution >= 0.6 is 15.9 Å². The third kappa shape index (κ3) is 3.85. The maximum absolute atomic E-state index is 12.9. The Balaban J connectivity index is 1.59. The highest BCUT2D eigenvalue weighted by Crippen LogP contribution is 2.29. The minimum Gasteiger partial charge on any atom is -0.465 e. The van der Waals surface area contributed by atoms with Crippen molar-refractivity contribution >= 4 is 51.0 Å². The number of halogens is 1. The summed E-state index contributed by atoms with van der Waals surface area (Å²) < 4.78 is 5.53. The molecular weight excluding hydrogens is 464 g/mol. The zero-order valence-corrected chi connectivity index (χ0v) is 17.8. The van der Waals surface area contributed by atoms with E-state index in [1.54, 1.807) is 24.3 Å². The van der Waals surface area contributed by atoms with E-state index in [-0.39, 0.29) is 16.7 Å². The van der Waals surface area contributed by atoms with Gasteiger partial charge in [-0.15, -0.1) is 0 Å². The summed E-state index contributed by atoms with van der Waals surface area (Å²) in [7, 11) is 1.27. The van der Waals surface area contributed by atoms with Gasteiger partial charge in [-0.1, -0.05) is 15.9 Å². The lowest BCUT2D eigenvalue weighted by atomic mass is 10.1. The third-order valence-electron chi connectivity index (χ3n) is 4.80. The van der Waals surface area contributed by atoms with Crippen LogP contribution in [0.5, 0.6) is 0 Å². The van der Waals surface area contributed by atoms with Crippen molar-refractivity contribution in [2.45, 2.75) is 0 Å². The monoisotopic (exact) mass is 478 g/mol. The molecule has 1 aliphatic heterocycles. The number of esters is 1. The Morgan fingerprint density at radius 1 is 0.839 bits per heavy atom. The van der Waals surface area contributed by atoms with Crippen molar-refractivity contribution in [1.82, 2.24) is 0 Å². The molecule has 1 heterocycles. The van der Waals surface area contributed by atoms with Gasteiger partial charge in [0.1, 0.15) is 0 Å². The van der Waals surface area contributed by atoms with Gasteiger partial charge in [-0.05, 0) is 66.7 Å². The first-order valence-electron chi connectivity index (χ1n) is 9.17. The summed E-state index contributed by atoms with van der Waals surface area (Å²) in [6.45, 7) is 0. The summed E-state index contributed by atoms with van der Waals surface area (Å²) in [6, 6.07) is 17.4. The van der Waals surface area contributed by atoms with Gasteiger partial charge in [0, 0.05) is 15.7 Å². The zero-order valence-electron chi connectivity index (χ0n) is 16.2. The van der Waals surface area contributed by atoms with Crippen LogP contribution in [0.2, 0.25) is 0 Å². The first-order valence-corrected chi connectivity index (χ1v) is 9.96. The van der Waals surface area contributed by atoms with E-state index in [0.717, 1.165) is 9.37 Å². The topological polar surface area (TPSA) is 92.8 Å². The van der Waals surface area contributed by atoms with Crippen molar-refractivity contribution in [3.05, 3.63) is 93.5 Å². The summed E-state index contributed by atoms with van der Waals surface area (Å²) in [4.78, 5) is 50.9. The van der Waals surface area contributed by atoms with E-state index in [2.05, 4.69) is 26.0 Å². The number of hydrogen-bond donors (Lipinski definition) is 1. The van der Waals surface area contributed by atoms with Crippen LogP contribution in [0.1, 0.15) is 41.4 Å². The molecule has 0 bridgehead atoms. The van der Waals surface area contributed by atoms with E-state index in [4.69, 9.17) is 0 Å². The molecule has 3 aromatic rings. The fourth-order valence-corrected chi connectivity index (χ4v) is 3.48. The number of carbonyl (C=O) groups excluding carboxylic acids is 4. The molecule has 0 aromatic heterocycles. The van der Waals surface area contributed by atoms with Gasteiger partial charge in [-0.2, -0.15) is 0 Å². The van der Waals surface area contributed by atoms with Gasteiger partial charge in [-0.25, -0.2) is 9.69 Å². The van der Waals surface area contributed by atoms with Crippen LogP contribution in [-0.2, 0) is 4.74 Å². The highest BCUT2D eigenvalue weighted by atomic mass is 79.9. The molecule has 1 aliphatic rings. The van der Waals surface area contributed by atoms with Gasteiger partial charge in [0.05, 0.1) is 29.5 Å². The summed E-state index contributed by atoms with van der Waals surface area (Å²) in [5, 5.41) is 2.75. The first-order chi connectivity index (χ1) is 14.9. The fraction of sp³-hybridized carbons (Fsp3) is 0.0435. The van der Waals surface area contributed by atoms with Crippen LogP contribution in [0.15, 0.2) is 71.2 Å². The Bertz CT molecular complexity index is 1220. The summed E-state index contributed by atoms with van der Waals surface area (Å²) in [5.74, 6) is -1.95. The number of hydrogen-bond acceptors (Lipinski definition) is 5. The molecular formula is C23H15BrN2O5. The van der Waals surface area contributed by atoms with Crippen molar-refractivity contribution < 1.29 is 23.9 Å². The van der Waals surface area contributed by atoms with Crippen molar-refractivity contribution in [2.75, 3.05) is 17.3 Å². The SMILES string of the molecule is COC(=O)c1ccc(N2C(=O)c3ccc(C(=O)Nc4ccc(Br)cc4)cc3C2=O)cc1. The number of ether oxygens (including phenoxy) is 1. The Kier molecular flexibility index (Phi) is 5.39. The smallest absolute Gasteiger partial charge is 0.337 e. The van der Waals surface area contributed by atoms with Crippen LogP contribution in [0.3, 0.4) is 0 Å². The molecule has 8 heteroatoms. The van der Waals surface area contributed by atoms with Crippen LogP contribution in [0.4, 0.5) is 11.4 Å².